The number of nitro groups is 1. The third-order valence-electron chi connectivity index (χ3n) is 3.97. The van der Waals surface area contributed by atoms with Gasteiger partial charge in [0.1, 0.15) is 5.69 Å². The van der Waals surface area contributed by atoms with E-state index in [1.807, 2.05) is 12.1 Å². The van der Waals surface area contributed by atoms with Gasteiger partial charge in [-0.3, -0.25) is 14.7 Å². The molecule has 0 radical (unpaired) electrons. The Hall–Kier alpha value is -3.19. The molecule has 26 heavy (non-hydrogen) atoms. The van der Waals surface area contributed by atoms with Crippen LogP contribution in [0.5, 0.6) is 11.8 Å². The molecule has 2 aromatic carbocycles. The minimum absolute atomic E-state index is 0.165. The van der Waals surface area contributed by atoms with Crippen molar-refractivity contribution in [1.29, 1.82) is 0 Å². The Morgan fingerprint density at radius 3 is 2.42 bits per heavy atom. The van der Waals surface area contributed by atoms with Crippen molar-refractivity contribution in [3.8, 4) is 17.4 Å². The first-order valence-electron chi connectivity index (χ1n) is 7.74. The molecule has 3 N–H and O–H groups in total. The third-order valence-corrected chi connectivity index (χ3v) is 4.22. The normalized spacial score (nSPS) is 10.7. The van der Waals surface area contributed by atoms with Gasteiger partial charge in [0.05, 0.1) is 10.6 Å². The van der Waals surface area contributed by atoms with Crippen LogP contribution < -0.4 is 5.32 Å². The lowest BCUT2D eigenvalue weighted by molar-refractivity contribution is -0.383. The van der Waals surface area contributed by atoms with E-state index >= 15 is 0 Å². The quantitative estimate of drug-likeness (QED) is 0.455. The van der Waals surface area contributed by atoms with E-state index in [1.165, 1.54) is 18.2 Å². The van der Waals surface area contributed by atoms with Crippen molar-refractivity contribution < 1.29 is 15.1 Å². The second-order valence-corrected chi connectivity index (χ2v) is 6.22. The van der Waals surface area contributed by atoms with Gasteiger partial charge >= 0.3 is 0 Å². The molecule has 8 heteroatoms. The molecule has 0 atom stereocenters. The molecule has 0 bridgehead atoms. The molecule has 0 amide bonds. The van der Waals surface area contributed by atoms with Gasteiger partial charge in [-0.05, 0) is 36.8 Å². The first kappa shape index (κ1) is 17.6. The average molecular weight is 374 g/mol. The summed E-state index contributed by atoms with van der Waals surface area (Å²) in [5, 5.41) is 35.1. The molecule has 0 aliphatic rings. The number of nitrogens with one attached hydrogen (secondary N) is 1. The number of benzene rings is 2. The highest BCUT2D eigenvalue weighted by Crippen LogP contribution is 2.34. The maximum Gasteiger partial charge on any atom is 0.294 e. The summed E-state index contributed by atoms with van der Waals surface area (Å²) in [4.78, 5) is 10.9. The van der Waals surface area contributed by atoms with E-state index < -0.39 is 4.92 Å². The Kier molecular flexibility index (Phi) is 4.73. The summed E-state index contributed by atoms with van der Waals surface area (Å²) in [6.45, 7) is 2.01. The van der Waals surface area contributed by atoms with Crippen LogP contribution in [0.4, 0.5) is 11.4 Å². The molecule has 3 rings (SSSR count). The molecule has 7 nitrogen and oxygen atoms in total. The number of nitro benzene ring substituents is 1. The zero-order valence-electron chi connectivity index (χ0n) is 13.8. The topological polar surface area (TPSA) is 101 Å². The highest BCUT2D eigenvalue weighted by atomic mass is 35.5. The van der Waals surface area contributed by atoms with Crippen molar-refractivity contribution in [2.24, 2.45) is 0 Å². The predicted molar refractivity (Wildman–Crippen MR) is 99.3 cm³/mol. The molecular formula is C18H16ClN3O4. The number of anilines is 1. The first-order valence-corrected chi connectivity index (χ1v) is 8.12. The van der Waals surface area contributed by atoms with Crippen LogP contribution in [0.15, 0.2) is 48.5 Å². The zero-order chi connectivity index (χ0) is 18.8. The largest absolute Gasteiger partial charge is 0.494 e. The number of aromatic nitrogens is 1. The van der Waals surface area contributed by atoms with E-state index in [2.05, 4.69) is 5.32 Å². The Morgan fingerprint density at radius 2 is 1.85 bits per heavy atom. The summed E-state index contributed by atoms with van der Waals surface area (Å²) < 4.78 is 1.14. The standard InChI is InChI=1S/C18H16ClN3O4/c1-11-8-17(23)21(18(11)24)14-6-7-15(16(9-14)22(25)26)20-10-12-2-4-13(19)5-3-12/h2-9,20,23-24H,10H2,1H3. The molecule has 134 valence electrons. The Bertz CT molecular complexity index is 967. The van der Waals surface area contributed by atoms with E-state index in [1.54, 1.807) is 25.1 Å². The van der Waals surface area contributed by atoms with E-state index in [-0.39, 0.29) is 23.1 Å². The van der Waals surface area contributed by atoms with Gasteiger partial charge in [0.25, 0.3) is 5.69 Å². The van der Waals surface area contributed by atoms with E-state index in [4.69, 9.17) is 11.6 Å². The van der Waals surface area contributed by atoms with Crippen molar-refractivity contribution in [1.82, 2.24) is 4.57 Å². The summed E-state index contributed by atoms with van der Waals surface area (Å²) in [6.07, 6.45) is 0. The Morgan fingerprint density at radius 1 is 1.15 bits per heavy atom. The zero-order valence-corrected chi connectivity index (χ0v) is 14.6. The van der Waals surface area contributed by atoms with Crippen molar-refractivity contribution in [2.75, 3.05) is 5.32 Å². The number of aromatic hydroxyl groups is 2. The van der Waals surface area contributed by atoms with Crippen molar-refractivity contribution in [3.63, 3.8) is 0 Å². The molecule has 0 unspecified atom stereocenters. The summed E-state index contributed by atoms with van der Waals surface area (Å²) >= 11 is 5.85. The number of aryl methyl sites for hydroxylation is 1. The van der Waals surface area contributed by atoms with Crippen LogP contribution in [-0.2, 0) is 6.54 Å². The van der Waals surface area contributed by atoms with Gasteiger partial charge in [-0.1, -0.05) is 23.7 Å². The van der Waals surface area contributed by atoms with Gasteiger partial charge in [-0.25, -0.2) is 0 Å². The second-order valence-electron chi connectivity index (χ2n) is 5.78. The molecule has 1 heterocycles. The molecule has 1 aromatic heterocycles. The molecule has 3 aromatic rings. The van der Waals surface area contributed by atoms with Crippen molar-refractivity contribution in [3.05, 3.63) is 74.8 Å². The Labute approximate surface area is 154 Å². The highest BCUT2D eigenvalue weighted by Gasteiger charge is 2.19. The summed E-state index contributed by atoms with van der Waals surface area (Å²) in [5.74, 6) is -0.366. The van der Waals surface area contributed by atoms with Gasteiger partial charge in [0.2, 0.25) is 5.88 Å². The van der Waals surface area contributed by atoms with Crippen LogP contribution >= 0.6 is 11.6 Å². The van der Waals surface area contributed by atoms with Gasteiger partial charge in [0.15, 0.2) is 5.88 Å². The van der Waals surface area contributed by atoms with Gasteiger partial charge in [0, 0.05) is 29.3 Å². The predicted octanol–water partition coefficient (Wildman–Crippen LogP) is 4.37. The van der Waals surface area contributed by atoms with E-state index in [0.29, 0.717) is 22.8 Å². The minimum Gasteiger partial charge on any atom is -0.494 e. The molecular weight excluding hydrogens is 358 g/mol. The van der Waals surface area contributed by atoms with Crippen LogP contribution in [-0.4, -0.2) is 19.7 Å². The molecule has 0 aliphatic heterocycles. The lowest BCUT2D eigenvalue weighted by Gasteiger charge is -2.11. The van der Waals surface area contributed by atoms with Crippen LogP contribution in [0.3, 0.4) is 0 Å². The molecule has 0 aliphatic carbocycles. The van der Waals surface area contributed by atoms with Crippen molar-refractivity contribution in [2.45, 2.75) is 13.5 Å². The van der Waals surface area contributed by atoms with Gasteiger partial charge in [-0.2, -0.15) is 0 Å². The summed E-state index contributed by atoms with van der Waals surface area (Å²) in [5.41, 5.74) is 1.84. The second kappa shape index (κ2) is 6.97. The highest BCUT2D eigenvalue weighted by molar-refractivity contribution is 6.30. The fourth-order valence-corrected chi connectivity index (χ4v) is 2.75. The number of halogens is 1. The average Bonchev–Trinajstić information content (AvgIpc) is 2.86. The third kappa shape index (κ3) is 3.43. The van der Waals surface area contributed by atoms with Gasteiger partial charge in [-0.15, -0.1) is 0 Å². The SMILES string of the molecule is Cc1cc(O)n(-c2ccc(NCc3ccc(Cl)cc3)c([N+](=O)[O-])c2)c1O. The number of nitrogens with zero attached hydrogens (tertiary/aromatic N) is 2. The fraction of sp³-hybridized carbons (Fsp3) is 0.111. The van der Waals surface area contributed by atoms with E-state index in [0.717, 1.165) is 10.1 Å². The maximum absolute atomic E-state index is 11.5. The lowest BCUT2D eigenvalue weighted by atomic mass is 10.2. The maximum atomic E-state index is 11.5. The Balaban J connectivity index is 1.92. The fourth-order valence-electron chi connectivity index (χ4n) is 2.62. The summed E-state index contributed by atoms with van der Waals surface area (Å²) in [7, 11) is 0. The van der Waals surface area contributed by atoms with Crippen LogP contribution in [0.1, 0.15) is 11.1 Å². The molecule has 0 spiro atoms. The number of rotatable bonds is 5. The lowest BCUT2D eigenvalue weighted by Crippen LogP contribution is -2.04. The smallest absolute Gasteiger partial charge is 0.294 e. The van der Waals surface area contributed by atoms with Crippen LogP contribution in [0.2, 0.25) is 5.02 Å². The minimum atomic E-state index is -0.516. The van der Waals surface area contributed by atoms with E-state index in [9.17, 15) is 20.3 Å². The van der Waals surface area contributed by atoms with Crippen LogP contribution in [0.25, 0.3) is 5.69 Å². The summed E-state index contributed by atoms with van der Waals surface area (Å²) in [6, 6.07) is 12.9. The van der Waals surface area contributed by atoms with Crippen LogP contribution in [0, 0.1) is 17.0 Å². The number of hydrogen-bond donors (Lipinski definition) is 3. The first-order chi connectivity index (χ1) is 12.4. The number of hydrogen-bond acceptors (Lipinski definition) is 5. The molecule has 0 fully saturated rings. The van der Waals surface area contributed by atoms with Gasteiger partial charge < -0.3 is 15.5 Å². The molecule has 0 saturated carbocycles. The molecule has 0 saturated heterocycles. The van der Waals surface area contributed by atoms with Crippen molar-refractivity contribution >= 4 is 23.0 Å². The monoisotopic (exact) mass is 373 g/mol.